The van der Waals surface area contributed by atoms with Crippen LogP contribution >= 0.6 is 0 Å². The number of nitrogens with zero attached hydrogens (tertiary/aromatic N) is 4. The molecule has 1 aromatic heterocycles. The molecule has 0 atom stereocenters. The first kappa shape index (κ1) is 9.14. The quantitative estimate of drug-likeness (QED) is 0.536. The molecule has 1 aliphatic heterocycles. The first-order valence-electron chi connectivity index (χ1n) is 5.02. The number of benzene rings is 1. The Morgan fingerprint density at radius 2 is 2.25 bits per heavy atom. The van der Waals surface area contributed by atoms with Gasteiger partial charge in [-0.2, -0.15) is 0 Å². The van der Waals surface area contributed by atoms with Crippen LogP contribution in [0.15, 0.2) is 18.2 Å². The molecule has 0 radical (unpaired) electrons. The van der Waals surface area contributed by atoms with E-state index >= 15 is 0 Å². The first-order valence-corrected chi connectivity index (χ1v) is 5.02. The molecule has 2 aromatic rings. The molecule has 82 valence electrons. The molecule has 0 bridgehead atoms. The zero-order valence-electron chi connectivity index (χ0n) is 8.75. The maximum absolute atomic E-state index is 10.6. The predicted octanol–water partition coefficient (Wildman–Crippen LogP) is 1.39. The molecule has 16 heavy (non-hydrogen) atoms. The van der Waals surface area contributed by atoms with Crippen LogP contribution in [-0.4, -0.2) is 28.1 Å². The molecule has 6 nitrogen and oxygen atoms in total. The number of aromatic nitrogens is 2. The normalized spacial score (nSPS) is 14.4. The van der Waals surface area contributed by atoms with Crippen molar-refractivity contribution in [3.05, 3.63) is 28.3 Å². The summed E-state index contributed by atoms with van der Waals surface area (Å²) in [6, 6.07) is 4.81. The molecule has 0 saturated heterocycles. The van der Waals surface area contributed by atoms with Gasteiger partial charge >= 0.3 is 0 Å². The topological polar surface area (TPSA) is 64.2 Å². The molecular weight excluding hydrogens is 208 g/mol. The Kier molecular flexibility index (Phi) is 1.68. The highest BCUT2D eigenvalue weighted by Gasteiger charge is 2.21. The van der Waals surface area contributed by atoms with Gasteiger partial charge in [0.25, 0.3) is 5.69 Å². The summed E-state index contributed by atoms with van der Waals surface area (Å²) in [6.07, 6.45) is 0. The van der Waals surface area contributed by atoms with E-state index < -0.39 is 4.92 Å². The van der Waals surface area contributed by atoms with E-state index in [1.165, 1.54) is 12.1 Å². The molecule has 0 aliphatic carbocycles. The van der Waals surface area contributed by atoms with Gasteiger partial charge in [-0.1, -0.05) is 0 Å². The fourth-order valence-electron chi connectivity index (χ4n) is 2.08. The summed E-state index contributed by atoms with van der Waals surface area (Å²) in [4.78, 5) is 16.7. The molecule has 0 amide bonds. The number of nitro benzene ring substituents is 1. The lowest BCUT2D eigenvalue weighted by Crippen LogP contribution is -2.13. The zero-order valence-corrected chi connectivity index (χ0v) is 8.75. The van der Waals surface area contributed by atoms with Crippen molar-refractivity contribution in [3.63, 3.8) is 0 Å². The summed E-state index contributed by atoms with van der Waals surface area (Å²) < 4.78 is 2.08. The Hall–Kier alpha value is -2.11. The molecule has 2 heterocycles. The Balaban J connectivity index is 2.24. The predicted molar refractivity (Wildman–Crippen MR) is 59.7 cm³/mol. The SMILES string of the molecule is CN1CCn2c1nc1cc([N+](=O)[O-])ccc12. The maximum Gasteiger partial charge on any atom is 0.271 e. The number of likely N-dealkylation sites (N-methyl/N-ethyl adjacent to an activating group) is 1. The van der Waals surface area contributed by atoms with Gasteiger partial charge < -0.3 is 9.47 Å². The van der Waals surface area contributed by atoms with Crippen LogP contribution in [0.1, 0.15) is 0 Å². The summed E-state index contributed by atoms with van der Waals surface area (Å²) in [5, 5.41) is 10.6. The highest BCUT2D eigenvalue weighted by molar-refractivity contribution is 5.81. The van der Waals surface area contributed by atoms with Crippen LogP contribution in [0.25, 0.3) is 11.0 Å². The lowest BCUT2D eigenvalue weighted by Gasteiger charge is -2.04. The monoisotopic (exact) mass is 218 g/mol. The minimum absolute atomic E-state index is 0.0897. The molecule has 0 unspecified atom stereocenters. The average Bonchev–Trinajstić information content (AvgIpc) is 2.78. The van der Waals surface area contributed by atoms with Crippen molar-refractivity contribution >= 4 is 22.7 Å². The molecule has 1 aliphatic rings. The van der Waals surface area contributed by atoms with Crippen LogP contribution in [-0.2, 0) is 6.54 Å². The molecule has 1 aromatic carbocycles. The third-order valence-electron chi connectivity index (χ3n) is 2.92. The Bertz CT molecular complexity index is 590. The van der Waals surface area contributed by atoms with E-state index in [2.05, 4.69) is 9.55 Å². The van der Waals surface area contributed by atoms with Crippen LogP contribution in [0.2, 0.25) is 0 Å². The summed E-state index contributed by atoms with van der Waals surface area (Å²) in [7, 11) is 1.97. The number of non-ortho nitro benzene ring substituents is 1. The number of hydrogen-bond donors (Lipinski definition) is 0. The van der Waals surface area contributed by atoms with Crippen LogP contribution in [0.5, 0.6) is 0 Å². The van der Waals surface area contributed by atoms with Gasteiger partial charge in [-0.15, -0.1) is 0 Å². The number of anilines is 1. The van der Waals surface area contributed by atoms with Gasteiger partial charge in [0, 0.05) is 32.3 Å². The second-order valence-electron chi connectivity index (χ2n) is 3.92. The van der Waals surface area contributed by atoms with E-state index in [4.69, 9.17) is 0 Å². The van der Waals surface area contributed by atoms with Gasteiger partial charge in [-0.05, 0) is 6.07 Å². The number of nitro groups is 1. The summed E-state index contributed by atoms with van der Waals surface area (Å²) in [6.45, 7) is 1.83. The van der Waals surface area contributed by atoms with Crippen LogP contribution < -0.4 is 4.90 Å². The highest BCUT2D eigenvalue weighted by atomic mass is 16.6. The fraction of sp³-hybridized carbons (Fsp3) is 0.300. The second kappa shape index (κ2) is 2.94. The standard InChI is InChI=1S/C10H10N4O2/c1-12-4-5-13-9-3-2-7(14(15)16)6-8(9)11-10(12)13/h2-3,6H,4-5H2,1H3. The third-order valence-corrected chi connectivity index (χ3v) is 2.92. The molecule has 0 N–H and O–H groups in total. The van der Waals surface area contributed by atoms with Crippen LogP contribution in [0, 0.1) is 10.1 Å². The largest absolute Gasteiger partial charge is 0.343 e. The molecule has 3 rings (SSSR count). The van der Waals surface area contributed by atoms with E-state index in [0.717, 1.165) is 24.6 Å². The van der Waals surface area contributed by atoms with Gasteiger partial charge in [0.15, 0.2) is 0 Å². The van der Waals surface area contributed by atoms with Crippen LogP contribution in [0.3, 0.4) is 0 Å². The third kappa shape index (κ3) is 1.09. The molecule has 0 spiro atoms. The fourth-order valence-corrected chi connectivity index (χ4v) is 2.08. The van der Waals surface area contributed by atoms with E-state index in [-0.39, 0.29) is 5.69 Å². The molecular formula is C10H10N4O2. The van der Waals surface area contributed by atoms with E-state index in [0.29, 0.717) is 5.52 Å². The lowest BCUT2D eigenvalue weighted by atomic mass is 10.3. The van der Waals surface area contributed by atoms with Crippen molar-refractivity contribution in [1.29, 1.82) is 0 Å². The van der Waals surface area contributed by atoms with Gasteiger partial charge in [0.2, 0.25) is 5.95 Å². The number of imidazole rings is 1. The van der Waals surface area contributed by atoms with E-state index in [1.54, 1.807) is 6.07 Å². The van der Waals surface area contributed by atoms with Crippen molar-refractivity contribution in [1.82, 2.24) is 9.55 Å². The minimum Gasteiger partial charge on any atom is -0.343 e. The van der Waals surface area contributed by atoms with E-state index in [9.17, 15) is 10.1 Å². The second-order valence-corrected chi connectivity index (χ2v) is 3.92. The van der Waals surface area contributed by atoms with Crippen molar-refractivity contribution in [2.45, 2.75) is 6.54 Å². The smallest absolute Gasteiger partial charge is 0.271 e. The van der Waals surface area contributed by atoms with Crippen molar-refractivity contribution in [2.75, 3.05) is 18.5 Å². The number of rotatable bonds is 1. The lowest BCUT2D eigenvalue weighted by molar-refractivity contribution is -0.384. The Morgan fingerprint density at radius 3 is 3.00 bits per heavy atom. The van der Waals surface area contributed by atoms with Crippen molar-refractivity contribution in [3.8, 4) is 0 Å². The first-order chi connectivity index (χ1) is 7.66. The molecule has 6 heteroatoms. The summed E-state index contributed by atoms with van der Waals surface area (Å²) >= 11 is 0. The van der Waals surface area contributed by atoms with Crippen molar-refractivity contribution in [2.24, 2.45) is 0 Å². The van der Waals surface area contributed by atoms with Gasteiger partial charge in [0.05, 0.1) is 16.0 Å². The number of fused-ring (bicyclic) bond motifs is 3. The van der Waals surface area contributed by atoms with E-state index in [1.807, 2.05) is 11.9 Å². The van der Waals surface area contributed by atoms with Crippen LogP contribution in [0.4, 0.5) is 11.6 Å². The highest BCUT2D eigenvalue weighted by Crippen LogP contribution is 2.28. The Morgan fingerprint density at radius 1 is 1.44 bits per heavy atom. The number of hydrogen-bond acceptors (Lipinski definition) is 4. The Labute approximate surface area is 91.3 Å². The average molecular weight is 218 g/mol. The van der Waals surface area contributed by atoms with Gasteiger partial charge in [0.1, 0.15) is 0 Å². The van der Waals surface area contributed by atoms with Gasteiger partial charge in [-0.25, -0.2) is 4.98 Å². The zero-order chi connectivity index (χ0) is 11.3. The minimum atomic E-state index is -0.395. The summed E-state index contributed by atoms with van der Waals surface area (Å²) in [5.74, 6) is 0.885. The van der Waals surface area contributed by atoms with Crippen molar-refractivity contribution < 1.29 is 4.92 Å². The summed E-state index contributed by atoms with van der Waals surface area (Å²) in [5.41, 5.74) is 1.74. The maximum atomic E-state index is 10.6. The molecule has 0 saturated carbocycles. The van der Waals surface area contributed by atoms with Gasteiger partial charge in [-0.3, -0.25) is 10.1 Å². The molecule has 0 fully saturated rings.